The van der Waals surface area contributed by atoms with Crippen molar-refractivity contribution in [2.75, 3.05) is 0 Å². The first-order valence-electron chi connectivity index (χ1n) is 6.28. The number of hydrogen-bond acceptors (Lipinski definition) is 1. The molecule has 2 rings (SSSR count). The van der Waals surface area contributed by atoms with E-state index in [0.29, 0.717) is 6.20 Å². The first-order valence-corrected chi connectivity index (χ1v) is 6.65. The van der Waals surface area contributed by atoms with E-state index in [4.69, 9.17) is 11.6 Å². The molecule has 2 aromatic rings. The minimum absolute atomic E-state index is 0.0329. The molecule has 0 aliphatic heterocycles. The van der Waals surface area contributed by atoms with Gasteiger partial charge in [-0.15, -0.1) is 0 Å². The molecule has 22 heavy (non-hydrogen) atoms. The van der Waals surface area contributed by atoms with Gasteiger partial charge in [0, 0.05) is 6.20 Å². The summed E-state index contributed by atoms with van der Waals surface area (Å²) in [7, 11) is 0. The van der Waals surface area contributed by atoms with Crippen LogP contribution in [0.15, 0.2) is 60.8 Å². The van der Waals surface area contributed by atoms with Crippen LogP contribution in [0.4, 0.5) is 13.2 Å². The lowest BCUT2D eigenvalue weighted by Gasteiger charge is -2.12. The molecule has 0 radical (unpaired) electrons. The second kappa shape index (κ2) is 6.66. The summed E-state index contributed by atoms with van der Waals surface area (Å²) in [6.45, 7) is 0. The minimum Gasteiger partial charge on any atom is -0.328 e. The van der Waals surface area contributed by atoms with Crippen molar-refractivity contribution >= 4 is 23.1 Å². The van der Waals surface area contributed by atoms with E-state index < -0.39 is 17.7 Å². The fourth-order valence-electron chi connectivity index (χ4n) is 1.81. The normalized spacial score (nSPS) is 12.1. The second-order valence-corrected chi connectivity index (χ2v) is 4.78. The Balaban J connectivity index is 2.28. The van der Waals surface area contributed by atoms with Gasteiger partial charge in [0.1, 0.15) is 0 Å². The van der Waals surface area contributed by atoms with Crippen molar-refractivity contribution < 1.29 is 18.0 Å². The van der Waals surface area contributed by atoms with Gasteiger partial charge >= 0.3 is 6.18 Å². The number of hydrogen-bond donors (Lipinski definition) is 1. The van der Waals surface area contributed by atoms with E-state index in [1.165, 1.54) is 36.4 Å². The molecule has 0 unspecified atom stereocenters. The summed E-state index contributed by atoms with van der Waals surface area (Å²) in [5.41, 5.74) is -0.863. The Morgan fingerprint density at radius 1 is 1.00 bits per heavy atom. The SMILES string of the molecule is O=C(NC=C(c1ccccc1)C(F)(F)F)c1ccccc1Cl. The monoisotopic (exact) mass is 325 g/mol. The lowest BCUT2D eigenvalue weighted by atomic mass is 10.1. The summed E-state index contributed by atoms with van der Waals surface area (Å²) in [6.07, 6.45) is -3.93. The number of allylic oxidation sites excluding steroid dienone is 1. The Kier molecular flexibility index (Phi) is 4.88. The van der Waals surface area contributed by atoms with Gasteiger partial charge in [-0.05, 0) is 17.7 Å². The Hall–Kier alpha value is -2.27. The molecule has 0 aromatic heterocycles. The van der Waals surface area contributed by atoms with E-state index in [2.05, 4.69) is 5.32 Å². The van der Waals surface area contributed by atoms with E-state index >= 15 is 0 Å². The first-order chi connectivity index (χ1) is 10.4. The van der Waals surface area contributed by atoms with E-state index in [1.807, 2.05) is 0 Å². The summed E-state index contributed by atoms with van der Waals surface area (Å²) < 4.78 is 39.3. The highest BCUT2D eigenvalue weighted by Crippen LogP contribution is 2.33. The van der Waals surface area contributed by atoms with Crippen LogP contribution in [-0.2, 0) is 0 Å². The quantitative estimate of drug-likeness (QED) is 0.872. The molecular formula is C16H11ClF3NO. The number of halogens is 4. The zero-order chi connectivity index (χ0) is 16.2. The predicted molar refractivity (Wildman–Crippen MR) is 79.4 cm³/mol. The van der Waals surface area contributed by atoms with Crippen LogP contribution < -0.4 is 5.32 Å². The zero-order valence-electron chi connectivity index (χ0n) is 11.2. The van der Waals surface area contributed by atoms with Crippen LogP contribution in [0.1, 0.15) is 15.9 Å². The minimum atomic E-state index is -4.59. The van der Waals surface area contributed by atoms with Crippen molar-refractivity contribution in [1.82, 2.24) is 5.32 Å². The van der Waals surface area contributed by atoms with Gasteiger partial charge in [-0.2, -0.15) is 13.2 Å². The number of rotatable bonds is 3. The molecule has 0 saturated carbocycles. The molecular weight excluding hydrogens is 315 g/mol. The number of benzene rings is 2. The fraction of sp³-hybridized carbons (Fsp3) is 0.0625. The summed E-state index contributed by atoms with van der Waals surface area (Å²) in [5.74, 6) is -0.705. The molecule has 2 aromatic carbocycles. The molecule has 114 valence electrons. The molecule has 0 bridgehead atoms. The van der Waals surface area contributed by atoms with Gasteiger partial charge in [-0.25, -0.2) is 0 Å². The molecule has 2 nitrogen and oxygen atoms in total. The van der Waals surface area contributed by atoms with Crippen LogP contribution in [-0.4, -0.2) is 12.1 Å². The molecule has 0 fully saturated rings. The van der Waals surface area contributed by atoms with Gasteiger partial charge in [-0.3, -0.25) is 4.79 Å². The third-order valence-electron chi connectivity index (χ3n) is 2.86. The molecule has 1 N–H and O–H groups in total. The van der Waals surface area contributed by atoms with E-state index in [1.54, 1.807) is 18.2 Å². The average Bonchev–Trinajstić information content (AvgIpc) is 2.47. The molecule has 6 heteroatoms. The van der Waals surface area contributed by atoms with Crippen LogP contribution in [0.2, 0.25) is 5.02 Å². The Morgan fingerprint density at radius 3 is 2.18 bits per heavy atom. The van der Waals surface area contributed by atoms with Crippen molar-refractivity contribution in [3.63, 3.8) is 0 Å². The summed E-state index contributed by atoms with van der Waals surface area (Å²) >= 11 is 5.84. The van der Waals surface area contributed by atoms with Crippen molar-refractivity contribution in [1.29, 1.82) is 0 Å². The van der Waals surface area contributed by atoms with Gasteiger partial charge in [0.05, 0.1) is 16.2 Å². The predicted octanol–water partition coefficient (Wildman–Crippen LogP) is 4.67. The van der Waals surface area contributed by atoms with Crippen molar-refractivity contribution in [3.05, 3.63) is 76.9 Å². The van der Waals surface area contributed by atoms with Gasteiger partial charge in [0.2, 0.25) is 0 Å². The van der Waals surface area contributed by atoms with Crippen LogP contribution in [0, 0.1) is 0 Å². The Bertz CT molecular complexity index is 696. The summed E-state index contributed by atoms with van der Waals surface area (Å²) in [4.78, 5) is 11.9. The van der Waals surface area contributed by atoms with Crippen LogP contribution in [0.5, 0.6) is 0 Å². The maximum Gasteiger partial charge on any atom is 0.418 e. The summed E-state index contributed by atoms with van der Waals surface area (Å²) in [5, 5.41) is 2.31. The third-order valence-corrected chi connectivity index (χ3v) is 3.19. The molecule has 0 aliphatic carbocycles. The number of carbonyl (C=O) groups is 1. The maximum atomic E-state index is 13.1. The third kappa shape index (κ3) is 3.89. The molecule has 0 spiro atoms. The topological polar surface area (TPSA) is 29.1 Å². The van der Waals surface area contributed by atoms with E-state index in [9.17, 15) is 18.0 Å². The summed E-state index contributed by atoms with van der Waals surface area (Å²) in [6, 6.07) is 13.4. The number of alkyl halides is 3. The largest absolute Gasteiger partial charge is 0.418 e. The standard InChI is InChI=1S/C16H11ClF3NO/c17-14-9-5-4-8-12(14)15(22)21-10-13(16(18,19)20)11-6-2-1-3-7-11/h1-10H,(H,21,22). The van der Waals surface area contributed by atoms with Gasteiger partial charge in [0.15, 0.2) is 0 Å². The maximum absolute atomic E-state index is 13.1. The van der Waals surface area contributed by atoms with Crippen LogP contribution >= 0.6 is 11.6 Å². The molecule has 0 aliphatic rings. The molecule has 1 amide bonds. The fourth-order valence-corrected chi connectivity index (χ4v) is 2.03. The molecule has 0 atom stereocenters. The molecule has 0 heterocycles. The van der Waals surface area contributed by atoms with Gasteiger partial charge < -0.3 is 5.32 Å². The van der Waals surface area contributed by atoms with Gasteiger partial charge in [0.25, 0.3) is 5.91 Å². The highest BCUT2D eigenvalue weighted by molar-refractivity contribution is 6.33. The second-order valence-electron chi connectivity index (χ2n) is 4.38. The van der Waals surface area contributed by atoms with Crippen molar-refractivity contribution in [2.24, 2.45) is 0 Å². The smallest absolute Gasteiger partial charge is 0.328 e. The van der Waals surface area contributed by atoms with E-state index in [-0.39, 0.29) is 16.1 Å². The zero-order valence-corrected chi connectivity index (χ0v) is 11.9. The first kappa shape index (κ1) is 16.1. The lowest BCUT2D eigenvalue weighted by Crippen LogP contribution is -2.21. The van der Waals surface area contributed by atoms with Crippen molar-refractivity contribution in [3.8, 4) is 0 Å². The van der Waals surface area contributed by atoms with Crippen molar-refractivity contribution in [2.45, 2.75) is 6.18 Å². The highest BCUT2D eigenvalue weighted by Gasteiger charge is 2.34. The Morgan fingerprint density at radius 2 is 1.59 bits per heavy atom. The number of nitrogens with one attached hydrogen (secondary N) is 1. The van der Waals surface area contributed by atoms with Gasteiger partial charge in [-0.1, -0.05) is 54.1 Å². The Labute approximate surface area is 130 Å². The number of carbonyl (C=O) groups excluding carboxylic acids is 1. The van der Waals surface area contributed by atoms with Crippen LogP contribution in [0.3, 0.4) is 0 Å². The average molecular weight is 326 g/mol. The number of amides is 1. The lowest BCUT2D eigenvalue weighted by molar-refractivity contribution is -0.0691. The van der Waals surface area contributed by atoms with Crippen LogP contribution in [0.25, 0.3) is 5.57 Å². The highest BCUT2D eigenvalue weighted by atomic mass is 35.5. The van der Waals surface area contributed by atoms with E-state index in [0.717, 1.165) is 0 Å². The molecule has 0 saturated heterocycles.